The van der Waals surface area contributed by atoms with Crippen LogP contribution in [0.5, 0.6) is 0 Å². The molecule has 3 unspecified atom stereocenters. The fraction of sp³-hybridized carbons (Fsp3) is 0.556. The third-order valence-electron chi connectivity index (χ3n) is 5.18. The molecule has 0 spiro atoms. The first-order valence-electron chi connectivity index (χ1n) is 8.39. The first kappa shape index (κ1) is 18.7. The third kappa shape index (κ3) is 3.73. The number of amides is 2. The lowest BCUT2D eigenvalue weighted by molar-refractivity contribution is -0.128. The summed E-state index contributed by atoms with van der Waals surface area (Å²) in [5.74, 6) is -0.0665. The van der Waals surface area contributed by atoms with Crippen molar-refractivity contribution in [2.45, 2.75) is 57.5 Å². The standard InChI is InChI=1S/C18H25N3O2.ClH/c1-11(12-6-7-15-13(9-12)10-16(22)21-15)20-17(23)14-5-3-4-8-18(14,2)19;/h6-7,9,11,14H,3-5,8,10,19H2,1-2H3,(H,20,23)(H,21,22);1H. The van der Waals surface area contributed by atoms with Crippen LogP contribution in [0.2, 0.25) is 0 Å². The van der Waals surface area contributed by atoms with E-state index in [1.54, 1.807) is 0 Å². The number of carbonyl (C=O) groups is 2. The van der Waals surface area contributed by atoms with Crippen molar-refractivity contribution in [2.75, 3.05) is 5.32 Å². The topological polar surface area (TPSA) is 84.2 Å². The number of hydrogen-bond donors (Lipinski definition) is 3. The van der Waals surface area contributed by atoms with Gasteiger partial charge in [0.2, 0.25) is 11.8 Å². The minimum Gasteiger partial charge on any atom is -0.349 e. The molecule has 1 aromatic rings. The smallest absolute Gasteiger partial charge is 0.228 e. The average Bonchev–Trinajstić information content (AvgIpc) is 2.85. The maximum absolute atomic E-state index is 12.6. The zero-order chi connectivity index (χ0) is 16.6. The van der Waals surface area contributed by atoms with Gasteiger partial charge in [-0.3, -0.25) is 9.59 Å². The van der Waals surface area contributed by atoms with Crippen molar-refractivity contribution in [1.29, 1.82) is 0 Å². The van der Waals surface area contributed by atoms with Crippen LogP contribution in [0.1, 0.15) is 56.7 Å². The van der Waals surface area contributed by atoms with Gasteiger partial charge >= 0.3 is 0 Å². The quantitative estimate of drug-likeness (QED) is 0.782. The van der Waals surface area contributed by atoms with Gasteiger partial charge in [-0.15, -0.1) is 12.4 Å². The van der Waals surface area contributed by atoms with Gasteiger partial charge in [0.15, 0.2) is 0 Å². The Balaban J connectivity index is 0.00000208. The molecule has 4 N–H and O–H groups in total. The molecule has 1 aliphatic carbocycles. The molecule has 1 aromatic carbocycles. The van der Waals surface area contributed by atoms with E-state index in [-0.39, 0.29) is 36.2 Å². The summed E-state index contributed by atoms with van der Waals surface area (Å²) in [6.45, 7) is 3.95. The van der Waals surface area contributed by atoms with Gasteiger partial charge in [0.1, 0.15) is 0 Å². The number of rotatable bonds is 3. The van der Waals surface area contributed by atoms with E-state index in [9.17, 15) is 9.59 Å². The number of halogens is 1. The maximum atomic E-state index is 12.6. The number of fused-ring (bicyclic) bond motifs is 1. The largest absolute Gasteiger partial charge is 0.349 e. The van der Waals surface area contributed by atoms with E-state index in [2.05, 4.69) is 10.6 Å². The number of nitrogens with one attached hydrogen (secondary N) is 2. The fourth-order valence-electron chi connectivity index (χ4n) is 3.70. The van der Waals surface area contributed by atoms with Gasteiger partial charge < -0.3 is 16.4 Å². The first-order valence-corrected chi connectivity index (χ1v) is 8.39. The van der Waals surface area contributed by atoms with Gasteiger partial charge in [0.05, 0.1) is 18.4 Å². The van der Waals surface area contributed by atoms with E-state index >= 15 is 0 Å². The number of hydrogen-bond acceptors (Lipinski definition) is 3. The first-order chi connectivity index (χ1) is 10.9. The second-order valence-electron chi connectivity index (χ2n) is 7.18. The summed E-state index contributed by atoms with van der Waals surface area (Å²) in [5, 5.41) is 5.92. The average molecular weight is 352 g/mol. The zero-order valence-electron chi connectivity index (χ0n) is 14.2. The second kappa shape index (κ2) is 7.11. The predicted octanol–water partition coefficient (Wildman–Crippen LogP) is 2.69. The highest BCUT2D eigenvalue weighted by atomic mass is 35.5. The van der Waals surface area contributed by atoms with Crippen molar-refractivity contribution >= 4 is 29.9 Å². The van der Waals surface area contributed by atoms with Crippen LogP contribution >= 0.6 is 12.4 Å². The van der Waals surface area contributed by atoms with E-state index in [0.29, 0.717) is 6.42 Å². The highest BCUT2D eigenvalue weighted by molar-refractivity contribution is 5.99. The van der Waals surface area contributed by atoms with Crippen LogP contribution in [0.15, 0.2) is 18.2 Å². The van der Waals surface area contributed by atoms with Crippen LogP contribution < -0.4 is 16.4 Å². The SMILES string of the molecule is CC(NC(=O)C1CCCCC1(C)N)c1ccc2c(c1)CC(=O)N2.Cl. The van der Waals surface area contributed by atoms with Gasteiger partial charge in [-0.1, -0.05) is 25.0 Å². The summed E-state index contributed by atoms with van der Waals surface area (Å²) in [6.07, 6.45) is 4.32. The molecule has 132 valence electrons. The minimum absolute atomic E-state index is 0. The van der Waals surface area contributed by atoms with Crippen LogP contribution in [-0.2, 0) is 16.0 Å². The monoisotopic (exact) mass is 351 g/mol. The summed E-state index contributed by atoms with van der Waals surface area (Å²) in [6, 6.07) is 5.77. The van der Waals surface area contributed by atoms with Crippen molar-refractivity contribution in [3.8, 4) is 0 Å². The summed E-state index contributed by atoms with van der Waals surface area (Å²) in [5.41, 5.74) is 8.79. The van der Waals surface area contributed by atoms with E-state index in [4.69, 9.17) is 5.73 Å². The molecular weight excluding hydrogens is 326 g/mol. The van der Waals surface area contributed by atoms with Crippen LogP contribution in [0.25, 0.3) is 0 Å². The number of anilines is 1. The van der Waals surface area contributed by atoms with Crippen molar-refractivity contribution in [3.05, 3.63) is 29.3 Å². The molecule has 5 nitrogen and oxygen atoms in total. The normalized spacial score (nSPS) is 26.8. The van der Waals surface area contributed by atoms with Crippen LogP contribution in [0.4, 0.5) is 5.69 Å². The van der Waals surface area contributed by atoms with Crippen molar-refractivity contribution in [1.82, 2.24) is 5.32 Å². The summed E-state index contributed by atoms with van der Waals surface area (Å²) in [4.78, 5) is 24.1. The molecule has 3 atom stereocenters. The van der Waals surface area contributed by atoms with Crippen LogP contribution in [-0.4, -0.2) is 17.4 Å². The Morgan fingerprint density at radius 2 is 2.17 bits per heavy atom. The number of carbonyl (C=O) groups excluding carboxylic acids is 2. The van der Waals surface area contributed by atoms with Crippen molar-refractivity contribution < 1.29 is 9.59 Å². The molecule has 3 rings (SSSR count). The molecule has 0 saturated heterocycles. The zero-order valence-corrected chi connectivity index (χ0v) is 15.0. The molecule has 0 bridgehead atoms. The Labute approximate surface area is 149 Å². The van der Waals surface area contributed by atoms with E-state index in [1.165, 1.54) is 0 Å². The molecule has 1 heterocycles. The van der Waals surface area contributed by atoms with Gasteiger partial charge in [0.25, 0.3) is 0 Å². The van der Waals surface area contributed by atoms with Crippen molar-refractivity contribution in [2.24, 2.45) is 11.7 Å². The Kier molecular flexibility index (Phi) is 5.56. The lowest BCUT2D eigenvalue weighted by atomic mass is 9.74. The van der Waals surface area contributed by atoms with E-state index in [0.717, 1.165) is 42.5 Å². The maximum Gasteiger partial charge on any atom is 0.228 e. The van der Waals surface area contributed by atoms with Gasteiger partial charge in [-0.05, 0) is 43.9 Å². The second-order valence-corrected chi connectivity index (χ2v) is 7.18. The minimum atomic E-state index is -0.420. The Hall–Kier alpha value is -1.59. The molecule has 0 aromatic heterocycles. The predicted molar refractivity (Wildman–Crippen MR) is 97.1 cm³/mol. The van der Waals surface area contributed by atoms with Gasteiger partial charge in [0, 0.05) is 11.2 Å². The Morgan fingerprint density at radius 3 is 2.88 bits per heavy atom. The molecule has 1 aliphatic heterocycles. The Bertz CT molecular complexity index is 645. The highest BCUT2D eigenvalue weighted by Crippen LogP contribution is 2.32. The van der Waals surface area contributed by atoms with Crippen molar-refractivity contribution in [3.63, 3.8) is 0 Å². The molecule has 2 amide bonds. The molecule has 24 heavy (non-hydrogen) atoms. The molecular formula is C18H26ClN3O2. The van der Waals surface area contributed by atoms with Gasteiger partial charge in [-0.2, -0.15) is 0 Å². The van der Waals surface area contributed by atoms with Gasteiger partial charge in [-0.25, -0.2) is 0 Å². The molecule has 1 saturated carbocycles. The molecule has 0 radical (unpaired) electrons. The third-order valence-corrected chi connectivity index (χ3v) is 5.18. The summed E-state index contributed by atoms with van der Waals surface area (Å²) in [7, 11) is 0. The van der Waals surface area contributed by atoms with Crippen LogP contribution in [0.3, 0.4) is 0 Å². The lowest BCUT2D eigenvalue weighted by Crippen LogP contribution is -2.53. The molecule has 6 heteroatoms. The Morgan fingerprint density at radius 1 is 1.42 bits per heavy atom. The van der Waals surface area contributed by atoms with Crippen LogP contribution in [0, 0.1) is 5.92 Å². The molecule has 1 fully saturated rings. The fourth-order valence-corrected chi connectivity index (χ4v) is 3.70. The number of benzene rings is 1. The summed E-state index contributed by atoms with van der Waals surface area (Å²) < 4.78 is 0. The highest BCUT2D eigenvalue weighted by Gasteiger charge is 2.38. The van der Waals surface area contributed by atoms with E-state index < -0.39 is 5.54 Å². The summed E-state index contributed by atoms with van der Waals surface area (Å²) >= 11 is 0. The van der Waals surface area contributed by atoms with E-state index in [1.807, 2.05) is 32.0 Å². The number of nitrogens with two attached hydrogens (primary N) is 1. The lowest BCUT2D eigenvalue weighted by Gasteiger charge is -2.37. The molecule has 2 aliphatic rings.